The Morgan fingerprint density at radius 2 is 2.00 bits per heavy atom. The number of hydrogen-bond donors (Lipinski definition) is 1. The van der Waals surface area contributed by atoms with E-state index < -0.39 is 0 Å². The van der Waals surface area contributed by atoms with Crippen LogP contribution in [0.4, 0.5) is 0 Å². The normalized spacial score (nSPS) is 21.9. The summed E-state index contributed by atoms with van der Waals surface area (Å²) >= 11 is 0. The van der Waals surface area contributed by atoms with Crippen molar-refractivity contribution in [3.05, 3.63) is 36.2 Å². The minimum absolute atomic E-state index is 0.0175. The molecule has 0 spiro atoms. The van der Waals surface area contributed by atoms with E-state index in [0.717, 1.165) is 42.7 Å². The molecule has 0 saturated carbocycles. The van der Waals surface area contributed by atoms with Crippen LogP contribution in [0.15, 0.2) is 30.5 Å². The van der Waals surface area contributed by atoms with Crippen molar-refractivity contribution in [1.82, 2.24) is 20.2 Å². The quantitative estimate of drug-likeness (QED) is 0.911. The summed E-state index contributed by atoms with van der Waals surface area (Å²) in [4.78, 5) is 34.6. The van der Waals surface area contributed by atoms with E-state index in [2.05, 4.69) is 27.4 Å². The molecule has 0 radical (unpaired) electrons. The van der Waals surface area contributed by atoms with Crippen molar-refractivity contribution in [2.75, 3.05) is 13.1 Å². The summed E-state index contributed by atoms with van der Waals surface area (Å²) in [5.41, 5.74) is 1.84. The molecule has 124 valence electrons. The van der Waals surface area contributed by atoms with Crippen molar-refractivity contribution in [2.24, 2.45) is 0 Å². The van der Waals surface area contributed by atoms with Gasteiger partial charge in [-0.2, -0.15) is 0 Å². The largest absolute Gasteiger partial charge is 0.344 e. The first kappa shape index (κ1) is 15.1. The van der Waals surface area contributed by atoms with Crippen LogP contribution < -0.4 is 5.32 Å². The smallest absolute Gasteiger partial charge is 0.245 e. The summed E-state index contributed by atoms with van der Waals surface area (Å²) in [6.07, 6.45) is 4.64. The fourth-order valence-corrected chi connectivity index (χ4v) is 3.61. The van der Waals surface area contributed by atoms with Crippen LogP contribution in [0.2, 0.25) is 0 Å². The molecule has 2 aliphatic rings. The van der Waals surface area contributed by atoms with E-state index in [1.165, 1.54) is 0 Å². The fraction of sp³-hybridized carbons (Fsp3) is 0.444. The Balaban J connectivity index is 1.41. The van der Waals surface area contributed by atoms with Gasteiger partial charge in [-0.05, 0) is 43.5 Å². The van der Waals surface area contributed by atoms with Gasteiger partial charge in [-0.25, -0.2) is 9.97 Å². The van der Waals surface area contributed by atoms with Crippen molar-refractivity contribution in [2.45, 2.75) is 37.6 Å². The van der Waals surface area contributed by atoms with E-state index >= 15 is 0 Å². The lowest BCUT2D eigenvalue weighted by Crippen LogP contribution is -2.47. The van der Waals surface area contributed by atoms with Crippen LogP contribution in [-0.2, 0) is 9.59 Å². The highest BCUT2D eigenvalue weighted by molar-refractivity contribution is 5.90. The molecule has 0 aliphatic carbocycles. The summed E-state index contributed by atoms with van der Waals surface area (Å²) in [6.45, 7) is 1.44. The molecule has 2 aliphatic heterocycles. The van der Waals surface area contributed by atoms with Crippen molar-refractivity contribution < 1.29 is 9.59 Å². The Hall–Kier alpha value is -2.50. The van der Waals surface area contributed by atoms with Gasteiger partial charge in [-0.15, -0.1) is 0 Å². The summed E-state index contributed by atoms with van der Waals surface area (Å²) < 4.78 is 0. The maximum atomic E-state index is 12.4. The summed E-state index contributed by atoms with van der Waals surface area (Å²) in [6, 6.07) is 7.74. The first-order valence-corrected chi connectivity index (χ1v) is 8.50. The maximum absolute atomic E-state index is 12.4. The average molecular weight is 324 g/mol. The number of hydrogen-bond acceptors (Lipinski definition) is 4. The third kappa shape index (κ3) is 2.84. The lowest BCUT2D eigenvalue weighted by molar-refractivity contribution is -0.135. The van der Waals surface area contributed by atoms with E-state index in [-0.39, 0.29) is 17.9 Å². The Morgan fingerprint density at radius 3 is 2.75 bits per heavy atom. The molecule has 4 heterocycles. The average Bonchev–Trinajstić information content (AvgIpc) is 3.07. The molecule has 6 nitrogen and oxygen atoms in total. The molecule has 0 aromatic carbocycles. The van der Waals surface area contributed by atoms with Crippen LogP contribution in [0.25, 0.3) is 11.0 Å². The number of pyridine rings is 2. The van der Waals surface area contributed by atoms with Gasteiger partial charge >= 0.3 is 0 Å². The third-order valence-electron chi connectivity index (χ3n) is 5.00. The zero-order valence-electron chi connectivity index (χ0n) is 13.4. The minimum atomic E-state index is -0.322. The number of nitrogens with zero attached hydrogens (tertiary/aromatic N) is 3. The lowest BCUT2D eigenvalue weighted by atomic mass is 9.92. The second-order valence-corrected chi connectivity index (χ2v) is 6.54. The molecule has 1 atom stereocenters. The number of fused-ring (bicyclic) bond motifs is 1. The molecule has 2 fully saturated rings. The van der Waals surface area contributed by atoms with Gasteiger partial charge in [0.25, 0.3) is 0 Å². The number of amides is 2. The molecule has 1 unspecified atom stereocenters. The predicted octanol–water partition coefficient (Wildman–Crippen LogP) is 1.61. The third-order valence-corrected chi connectivity index (χ3v) is 5.00. The van der Waals surface area contributed by atoms with Gasteiger partial charge in [0.05, 0.1) is 0 Å². The van der Waals surface area contributed by atoms with Crippen LogP contribution in [0.1, 0.15) is 37.3 Å². The molecule has 1 N–H and O–H groups in total. The zero-order valence-corrected chi connectivity index (χ0v) is 13.4. The van der Waals surface area contributed by atoms with Crippen molar-refractivity contribution >= 4 is 22.8 Å². The highest BCUT2D eigenvalue weighted by Crippen LogP contribution is 2.28. The molecule has 6 heteroatoms. The van der Waals surface area contributed by atoms with Gasteiger partial charge in [-0.3, -0.25) is 9.59 Å². The topological polar surface area (TPSA) is 75.2 Å². The Bertz CT molecular complexity index is 783. The highest BCUT2D eigenvalue weighted by Gasteiger charge is 2.33. The SMILES string of the molecule is O=C1CCC(C(=O)N2CCC(c3ccc4cccnc4n3)CC2)N1. The Kier molecular flexibility index (Phi) is 3.88. The van der Waals surface area contributed by atoms with E-state index in [1.54, 1.807) is 6.20 Å². The summed E-state index contributed by atoms with van der Waals surface area (Å²) in [5.74, 6) is 0.405. The molecule has 2 saturated heterocycles. The van der Waals surface area contributed by atoms with Crippen LogP contribution in [0, 0.1) is 0 Å². The highest BCUT2D eigenvalue weighted by atomic mass is 16.2. The van der Waals surface area contributed by atoms with Crippen LogP contribution >= 0.6 is 0 Å². The van der Waals surface area contributed by atoms with Gasteiger partial charge in [0.2, 0.25) is 11.8 Å². The molecule has 2 amide bonds. The van der Waals surface area contributed by atoms with Crippen molar-refractivity contribution in [1.29, 1.82) is 0 Å². The van der Waals surface area contributed by atoms with Gasteiger partial charge in [0, 0.05) is 42.7 Å². The van der Waals surface area contributed by atoms with Gasteiger partial charge in [-0.1, -0.05) is 0 Å². The van der Waals surface area contributed by atoms with E-state index in [1.807, 2.05) is 17.0 Å². The second-order valence-electron chi connectivity index (χ2n) is 6.54. The minimum Gasteiger partial charge on any atom is -0.344 e. The number of piperidine rings is 1. The summed E-state index contributed by atoms with van der Waals surface area (Å²) in [5, 5.41) is 3.81. The Morgan fingerprint density at radius 1 is 1.17 bits per heavy atom. The van der Waals surface area contributed by atoms with E-state index in [9.17, 15) is 9.59 Å². The standard InChI is InChI=1S/C18H20N4O2/c23-16-6-5-15(20-16)18(24)22-10-7-12(8-11-22)14-4-3-13-2-1-9-19-17(13)21-14/h1-4,9,12,15H,5-8,10-11H2,(H,20,23). The number of aromatic nitrogens is 2. The number of likely N-dealkylation sites (tertiary alicyclic amines) is 1. The zero-order chi connectivity index (χ0) is 16.5. The molecule has 4 rings (SSSR count). The first-order chi connectivity index (χ1) is 11.7. The van der Waals surface area contributed by atoms with Gasteiger partial charge in [0.1, 0.15) is 6.04 Å². The van der Waals surface area contributed by atoms with Crippen molar-refractivity contribution in [3.8, 4) is 0 Å². The Labute approximate surface area is 140 Å². The molecular formula is C18H20N4O2. The number of nitrogens with one attached hydrogen (secondary N) is 1. The van der Waals surface area contributed by atoms with Crippen molar-refractivity contribution in [3.63, 3.8) is 0 Å². The monoisotopic (exact) mass is 324 g/mol. The van der Waals surface area contributed by atoms with Gasteiger partial charge < -0.3 is 10.2 Å². The molecular weight excluding hydrogens is 304 g/mol. The van der Waals surface area contributed by atoms with Gasteiger partial charge in [0.15, 0.2) is 5.65 Å². The predicted molar refractivity (Wildman–Crippen MR) is 89.3 cm³/mol. The maximum Gasteiger partial charge on any atom is 0.245 e. The van der Waals surface area contributed by atoms with Crippen LogP contribution in [0.5, 0.6) is 0 Å². The van der Waals surface area contributed by atoms with Crippen LogP contribution in [0.3, 0.4) is 0 Å². The molecule has 0 bridgehead atoms. The van der Waals surface area contributed by atoms with Crippen LogP contribution in [-0.4, -0.2) is 45.8 Å². The fourth-order valence-electron chi connectivity index (χ4n) is 3.61. The molecule has 24 heavy (non-hydrogen) atoms. The molecule has 2 aromatic heterocycles. The number of rotatable bonds is 2. The number of carbonyl (C=O) groups is 2. The second kappa shape index (κ2) is 6.19. The number of carbonyl (C=O) groups excluding carboxylic acids is 2. The summed E-state index contributed by atoms with van der Waals surface area (Å²) in [7, 11) is 0. The molecule has 2 aromatic rings. The van der Waals surface area contributed by atoms with E-state index in [4.69, 9.17) is 0 Å². The first-order valence-electron chi connectivity index (χ1n) is 8.50. The van der Waals surface area contributed by atoms with E-state index in [0.29, 0.717) is 18.8 Å². The lowest BCUT2D eigenvalue weighted by Gasteiger charge is -2.33.